The van der Waals surface area contributed by atoms with Crippen LogP contribution in [0.25, 0.3) is 10.8 Å². The minimum Gasteiger partial charge on any atom is -0.480 e. The van der Waals surface area contributed by atoms with E-state index in [0.29, 0.717) is 32.8 Å². The molecule has 2 amide bonds. The molecular formula is C21H27N3O4. The Labute approximate surface area is 164 Å². The molecule has 28 heavy (non-hydrogen) atoms. The predicted molar refractivity (Wildman–Crippen MR) is 107 cm³/mol. The summed E-state index contributed by atoms with van der Waals surface area (Å²) in [4.78, 5) is 26.7. The van der Waals surface area contributed by atoms with Gasteiger partial charge in [0, 0.05) is 26.2 Å². The van der Waals surface area contributed by atoms with Crippen LogP contribution in [0.2, 0.25) is 0 Å². The SMILES string of the molecule is CN(CC(=O)O)CC1CN(C(=O)NCCc2cccc3ccccc23)CCO1. The lowest BCUT2D eigenvalue weighted by Gasteiger charge is -2.34. The number of carboxylic acid groups (broad SMARTS) is 1. The zero-order valence-corrected chi connectivity index (χ0v) is 16.1. The van der Waals surface area contributed by atoms with Crippen molar-refractivity contribution in [1.29, 1.82) is 0 Å². The van der Waals surface area contributed by atoms with Gasteiger partial charge >= 0.3 is 12.0 Å². The lowest BCUT2D eigenvalue weighted by atomic mass is 10.0. The number of urea groups is 1. The summed E-state index contributed by atoms with van der Waals surface area (Å²) in [6.07, 6.45) is 0.587. The van der Waals surface area contributed by atoms with E-state index in [-0.39, 0.29) is 18.7 Å². The number of benzene rings is 2. The van der Waals surface area contributed by atoms with E-state index in [9.17, 15) is 9.59 Å². The number of rotatable bonds is 7. The first kappa shape index (κ1) is 20.1. The lowest BCUT2D eigenvalue weighted by Crippen LogP contribution is -2.52. The summed E-state index contributed by atoms with van der Waals surface area (Å²) in [5.41, 5.74) is 1.22. The minimum atomic E-state index is -0.874. The van der Waals surface area contributed by atoms with Gasteiger partial charge in [0.2, 0.25) is 0 Å². The van der Waals surface area contributed by atoms with E-state index >= 15 is 0 Å². The number of carbonyl (C=O) groups excluding carboxylic acids is 1. The molecule has 1 aliphatic heterocycles. The van der Waals surface area contributed by atoms with E-state index in [1.807, 2.05) is 18.2 Å². The Morgan fingerprint density at radius 2 is 2.04 bits per heavy atom. The van der Waals surface area contributed by atoms with Crippen LogP contribution in [0.1, 0.15) is 5.56 Å². The molecule has 150 valence electrons. The topological polar surface area (TPSA) is 82.1 Å². The van der Waals surface area contributed by atoms with Gasteiger partial charge in [-0.15, -0.1) is 0 Å². The average molecular weight is 385 g/mol. The van der Waals surface area contributed by atoms with Gasteiger partial charge in [0.25, 0.3) is 0 Å². The van der Waals surface area contributed by atoms with Crippen LogP contribution in [-0.2, 0) is 16.0 Å². The van der Waals surface area contributed by atoms with Crippen molar-refractivity contribution in [2.75, 3.05) is 46.4 Å². The highest BCUT2D eigenvalue weighted by molar-refractivity contribution is 5.85. The number of nitrogens with zero attached hydrogens (tertiary/aromatic N) is 2. The third kappa shape index (κ3) is 5.43. The second kappa shape index (κ2) is 9.52. The zero-order valence-electron chi connectivity index (χ0n) is 16.1. The van der Waals surface area contributed by atoms with Crippen molar-refractivity contribution in [3.8, 4) is 0 Å². The molecule has 1 unspecified atom stereocenters. The maximum atomic E-state index is 12.5. The van der Waals surface area contributed by atoms with Crippen LogP contribution in [0.4, 0.5) is 4.79 Å². The van der Waals surface area contributed by atoms with Crippen LogP contribution in [0.5, 0.6) is 0 Å². The summed E-state index contributed by atoms with van der Waals surface area (Å²) < 4.78 is 5.68. The van der Waals surface area contributed by atoms with Crippen molar-refractivity contribution in [3.63, 3.8) is 0 Å². The number of amides is 2. The van der Waals surface area contributed by atoms with Crippen LogP contribution < -0.4 is 5.32 Å². The van der Waals surface area contributed by atoms with Crippen molar-refractivity contribution in [1.82, 2.24) is 15.1 Å². The molecule has 7 nitrogen and oxygen atoms in total. The molecule has 1 heterocycles. The number of hydrogen-bond acceptors (Lipinski definition) is 4. The highest BCUT2D eigenvalue weighted by Gasteiger charge is 2.25. The van der Waals surface area contributed by atoms with Crippen molar-refractivity contribution in [2.45, 2.75) is 12.5 Å². The summed E-state index contributed by atoms with van der Waals surface area (Å²) in [5, 5.41) is 14.3. The molecule has 1 atom stereocenters. The normalized spacial score (nSPS) is 17.1. The van der Waals surface area contributed by atoms with E-state index in [0.717, 1.165) is 6.42 Å². The third-order valence-corrected chi connectivity index (χ3v) is 4.90. The predicted octanol–water partition coefficient (Wildman–Crippen LogP) is 1.81. The number of ether oxygens (including phenoxy) is 1. The molecular weight excluding hydrogens is 358 g/mol. The second-order valence-corrected chi connectivity index (χ2v) is 7.15. The van der Waals surface area contributed by atoms with Gasteiger partial charge < -0.3 is 20.1 Å². The number of carbonyl (C=O) groups is 2. The Morgan fingerprint density at radius 1 is 1.25 bits per heavy atom. The van der Waals surface area contributed by atoms with E-state index < -0.39 is 5.97 Å². The smallest absolute Gasteiger partial charge is 0.317 e. The van der Waals surface area contributed by atoms with Gasteiger partial charge in [-0.05, 0) is 29.8 Å². The minimum absolute atomic E-state index is 0.0446. The van der Waals surface area contributed by atoms with Crippen molar-refractivity contribution >= 4 is 22.8 Å². The van der Waals surface area contributed by atoms with Crippen LogP contribution in [0, 0.1) is 0 Å². The molecule has 1 fully saturated rings. The number of hydrogen-bond donors (Lipinski definition) is 2. The molecule has 0 radical (unpaired) electrons. The molecule has 0 aliphatic carbocycles. The van der Waals surface area contributed by atoms with E-state index in [4.69, 9.17) is 9.84 Å². The Hall–Kier alpha value is -2.64. The molecule has 7 heteroatoms. The lowest BCUT2D eigenvalue weighted by molar-refractivity contribution is -0.138. The number of fused-ring (bicyclic) bond motifs is 1. The number of aliphatic carboxylic acids is 1. The molecule has 0 aromatic heterocycles. The van der Waals surface area contributed by atoms with Gasteiger partial charge in [-0.1, -0.05) is 42.5 Å². The van der Waals surface area contributed by atoms with E-state index in [2.05, 4.69) is 29.6 Å². The first-order valence-electron chi connectivity index (χ1n) is 9.54. The zero-order chi connectivity index (χ0) is 19.9. The van der Waals surface area contributed by atoms with Crippen molar-refractivity contribution in [3.05, 3.63) is 48.0 Å². The molecule has 0 saturated carbocycles. The van der Waals surface area contributed by atoms with Gasteiger partial charge in [0.1, 0.15) is 0 Å². The number of carboxylic acids is 1. The Balaban J connectivity index is 1.48. The summed E-state index contributed by atoms with van der Waals surface area (Å²) in [6.45, 7) is 2.46. The summed E-state index contributed by atoms with van der Waals surface area (Å²) >= 11 is 0. The quantitative estimate of drug-likeness (QED) is 0.760. The van der Waals surface area contributed by atoms with Gasteiger partial charge in [0.15, 0.2) is 0 Å². The van der Waals surface area contributed by atoms with Gasteiger partial charge in [0.05, 0.1) is 19.3 Å². The average Bonchev–Trinajstić information content (AvgIpc) is 2.67. The largest absolute Gasteiger partial charge is 0.480 e. The van der Waals surface area contributed by atoms with Gasteiger partial charge in [-0.25, -0.2) is 4.79 Å². The fraction of sp³-hybridized carbons (Fsp3) is 0.429. The highest BCUT2D eigenvalue weighted by Crippen LogP contribution is 2.18. The highest BCUT2D eigenvalue weighted by atomic mass is 16.5. The number of morpholine rings is 1. The second-order valence-electron chi connectivity index (χ2n) is 7.15. The van der Waals surface area contributed by atoms with Crippen LogP contribution in [0.3, 0.4) is 0 Å². The van der Waals surface area contributed by atoms with Crippen molar-refractivity contribution in [2.24, 2.45) is 0 Å². The summed E-state index contributed by atoms with van der Waals surface area (Å²) in [7, 11) is 1.74. The molecule has 3 rings (SSSR count). The molecule has 2 aromatic rings. The third-order valence-electron chi connectivity index (χ3n) is 4.90. The van der Waals surface area contributed by atoms with Crippen LogP contribution in [-0.4, -0.2) is 79.4 Å². The molecule has 1 saturated heterocycles. The van der Waals surface area contributed by atoms with E-state index in [1.165, 1.54) is 16.3 Å². The molecule has 1 aliphatic rings. The molecule has 0 bridgehead atoms. The van der Waals surface area contributed by atoms with Crippen LogP contribution >= 0.6 is 0 Å². The number of likely N-dealkylation sites (N-methyl/N-ethyl adjacent to an activating group) is 1. The molecule has 0 spiro atoms. The molecule has 2 aromatic carbocycles. The summed E-state index contributed by atoms with van der Waals surface area (Å²) in [6, 6.07) is 14.4. The first-order valence-corrected chi connectivity index (χ1v) is 9.54. The monoisotopic (exact) mass is 385 g/mol. The Kier molecular flexibility index (Phi) is 6.84. The Bertz CT molecular complexity index is 821. The molecule has 2 N–H and O–H groups in total. The van der Waals surface area contributed by atoms with Gasteiger partial charge in [-0.3, -0.25) is 9.69 Å². The fourth-order valence-corrected chi connectivity index (χ4v) is 3.58. The van der Waals surface area contributed by atoms with Crippen LogP contribution in [0.15, 0.2) is 42.5 Å². The maximum absolute atomic E-state index is 12.5. The first-order chi connectivity index (χ1) is 13.5. The summed E-state index contributed by atoms with van der Waals surface area (Å²) in [5.74, 6) is -0.874. The van der Waals surface area contributed by atoms with E-state index in [1.54, 1.807) is 16.8 Å². The number of nitrogens with one attached hydrogen (secondary N) is 1. The fourth-order valence-electron chi connectivity index (χ4n) is 3.58. The van der Waals surface area contributed by atoms with Gasteiger partial charge in [-0.2, -0.15) is 0 Å². The Morgan fingerprint density at radius 3 is 2.86 bits per heavy atom. The maximum Gasteiger partial charge on any atom is 0.317 e. The standard InChI is InChI=1S/C21H27N3O4/c1-23(15-20(25)26)13-18-14-24(11-12-28-18)21(27)22-10-9-17-7-4-6-16-5-2-3-8-19(16)17/h2-8,18H,9-15H2,1H3,(H,22,27)(H,25,26). The van der Waals surface area contributed by atoms with Crippen molar-refractivity contribution < 1.29 is 19.4 Å².